The fourth-order valence-corrected chi connectivity index (χ4v) is 11.3. The lowest BCUT2D eigenvalue weighted by Crippen LogP contribution is -2.50. The van der Waals surface area contributed by atoms with Gasteiger partial charge in [0.1, 0.15) is 0 Å². The van der Waals surface area contributed by atoms with Gasteiger partial charge in [-0.25, -0.2) is 26.3 Å². The monoisotopic (exact) mass is 1210 g/mol. The summed E-state index contributed by atoms with van der Waals surface area (Å²) in [7, 11) is -3.54. The first-order valence-corrected chi connectivity index (χ1v) is 29.6. The Hall–Kier alpha value is -3.60. The quantitative estimate of drug-likeness (QED) is 0.0360. The molecule has 4 atom stereocenters. The molecule has 3 aromatic rings. The van der Waals surface area contributed by atoms with Crippen LogP contribution in [-0.2, 0) is 71.1 Å². The predicted molar refractivity (Wildman–Crippen MR) is 299 cm³/mol. The normalized spacial score (nSPS) is 17.0. The number of carbonyl (C=O) groups excluding carboxylic acids is 2. The van der Waals surface area contributed by atoms with Crippen LogP contribution in [0.25, 0.3) is 0 Å². The molecule has 2 amide bonds. The Morgan fingerprint density at radius 1 is 0.641 bits per heavy atom. The zero-order valence-electron chi connectivity index (χ0n) is 43.6. The molecule has 78 heavy (non-hydrogen) atoms. The van der Waals surface area contributed by atoms with E-state index in [0.717, 1.165) is 45.3 Å². The van der Waals surface area contributed by atoms with Gasteiger partial charge in [0.25, 0.3) is 11.8 Å². The number of ether oxygens (including phenoxy) is 6. The summed E-state index contributed by atoms with van der Waals surface area (Å²) in [5.74, 6) is -2.09. The Morgan fingerprint density at radius 3 is 1.64 bits per heavy atom. The van der Waals surface area contributed by atoms with Crippen LogP contribution in [0.15, 0.2) is 89.2 Å². The minimum absolute atomic E-state index is 0.00844. The average Bonchev–Trinajstić information content (AvgIpc) is 3.45. The average molecular weight is 1210 g/mol. The van der Waals surface area contributed by atoms with Crippen LogP contribution in [0, 0.1) is 0 Å². The lowest BCUT2D eigenvalue weighted by atomic mass is 9.85. The van der Waals surface area contributed by atoms with E-state index in [2.05, 4.69) is 36.5 Å². The Kier molecular flexibility index (Phi) is 27.9. The summed E-state index contributed by atoms with van der Waals surface area (Å²) in [6.07, 6.45) is 0.762. The molecule has 0 saturated heterocycles. The van der Waals surface area contributed by atoms with Crippen LogP contribution in [0.5, 0.6) is 0 Å². The van der Waals surface area contributed by atoms with E-state index in [1.807, 2.05) is 32.3 Å². The molecule has 0 aliphatic carbocycles. The molecular weight excluding hydrogens is 1140 g/mol. The summed E-state index contributed by atoms with van der Waals surface area (Å²) < 4.78 is 88.6. The number of carbonyl (C=O) groups is 2. The first kappa shape index (κ1) is 65.2. The van der Waals surface area contributed by atoms with E-state index in [-0.39, 0.29) is 122 Å². The first-order chi connectivity index (χ1) is 37.3. The number of fused-ring (bicyclic) bond motifs is 2. The standard InChI is InChI=1S/C52H70Cl4N6O14S2/c1-36(43-32-61(2)34-45-41(43)28-38(53)30-47(45)55)7-4-5-26-77(67,68)59-12-16-73-20-24-75-22-18-71-14-10-57-51(65)49(63)50(64)52(66)58-11-15-72-19-23-76-25-21-74-17-13-60-78(69,70)40-9-6-8-37(27-40)44-33-62(3)35-46-42(44)29-39(54)31-48(46)56/h4-9,26-31,43-44,49-50,59-60,63-64H,1,10-25,32-35H2,2-3H3,(H,57,65)(H,58,66)/b7-4-,26-5+/t43-,44?,49?,50?/m0/s1. The molecule has 6 N–H and O–H groups in total. The summed E-state index contributed by atoms with van der Waals surface area (Å²) in [6, 6.07) is 14.1. The Morgan fingerprint density at radius 2 is 1.10 bits per heavy atom. The fourth-order valence-electron chi connectivity index (χ4n) is 8.34. The highest BCUT2D eigenvalue weighted by atomic mass is 35.5. The molecule has 0 saturated carbocycles. The van der Waals surface area contributed by atoms with Gasteiger partial charge in [-0.15, -0.1) is 0 Å². The smallest absolute Gasteiger partial charge is 0.252 e. The summed E-state index contributed by atoms with van der Waals surface area (Å²) in [4.78, 5) is 28.9. The number of nitrogens with one attached hydrogen (secondary N) is 4. The third-order valence-electron chi connectivity index (χ3n) is 12.2. The molecule has 0 spiro atoms. The number of nitrogens with zero attached hydrogens (tertiary/aromatic N) is 2. The van der Waals surface area contributed by atoms with Gasteiger partial charge in [-0.2, -0.15) is 0 Å². The molecule has 432 valence electrons. The Labute approximate surface area is 477 Å². The van der Waals surface area contributed by atoms with Gasteiger partial charge in [0.2, 0.25) is 20.0 Å². The van der Waals surface area contributed by atoms with Gasteiger partial charge >= 0.3 is 0 Å². The molecule has 3 aromatic carbocycles. The van der Waals surface area contributed by atoms with Crippen molar-refractivity contribution in [3.63, 3.8) is 0 Å². The van der Waals surface area contributed by atoms with E-state index >= 15 is 0 Å². The maximum Gasteiger partial charge on any atom is 0.252 e. The molecule has 2 aliphatic rings. The van der Waals surface area contributed by atoms with E-state index in [0.29, 0.717) is 39.7 Å². The summed E-state index contributed by atoms with van der Waals surface area (Å²) in [5.41, 5.74) is 5.59. The number of halogens is 4. The van der Waals surface area contributed by atoms with Crippen LogP contribution in [0.3, 0.4) is 0 Å². The molecule has 3 unspecified atom stereocenters. The number of hydrogen-bond acceptors (Lipinski definition) is 16. The van der Waals surface area contributed by atoms with Gasteiger partial charge in [-0.3, -0.25) is 9.59 Å². The van der Waals surface area contributed by atoms with Crippen molar-refractivity contribution in [1.29, 1.82) is 0 Å². The van der Waals surface area contributed by atoms with Gasteiger partial charge in [-0.05, 0) is 90.0 Å². The predicted octanol–water partition coefficient (Wildman–Crippen LogP) is 3.98. The molecule has 26 heteroatoms. The molecule has 0 aromatic heterocycles. The molecule has 0 bridgehead atoms. The summed E-state index contributed by atoms with van der Waals surface area (Å²) >= 11 is 25.5. The van der Waals surface area contributed by atoms with E-state index in [9.17, 15) is 36.6 Å². The highest BCUT2D eigenvalue weighted by Gasteiger charge is 2.31. The molecule has 20 nitrogen and oxygen atoms in total. The molecule has 2 heterocycles. The van der Waals surface area contributed by atoms with E-state index in [1.165, 1.54) is 6.08 Å². The largest absolute Gasteiger partial charge is 0.380 e. The number of amides is 2. The van der Waals surface area contributed by atoms with Crippen molar-refractivity contribution in [3.05, 3.63) is 132 Å². The van der Waals surface area contributed by atoms with E-state index in [4.69, 9.17) is 74.8 Å². The highest BCUT2D eigenvalue weighted by Crippen LogP contribution is 2.40. The van der Waals surface area contributed by atoms with Crippen molar-refractivity contribution in [3.8, 4) is 0 Å². The third-order valence-corrected chi connectivity index (χ3v) is 15.9. The Balaban J connectivity index is 0.796. The highest BCUT2D eigenvalue weighted by molar-refractivity contribution is 7.92. The van der Waals surface area contributed by atoms with Gasteiger partial charge in [0, 0.05) is 89.7 Å². The summed E-state index contributed by atoms with van der Waals surface area (Å²) in [6.45, 7) is 9.07. The van der Waals surface area contributed by atoms with Crippen molar-refractivity contribution in [1.82, 2.24) is 29.9 Å². The minimum atomic E-state index is -3.82. The van der Waals surface area contributed by atoms with Gasteiger partial charge in [0.05, 0.1) is 84.2 Å². The minimum Gasteiger partial charge on any atom is -0.380 e. The lowest BCUT2D eigenvalue weighted by molar-refractivity contribution is -0.146. The molecule has 5 rings (SSSR count). The van der Waals surface area contributed by atoms with Crippen LogP contribution in [0.1, 0.15) is 39.7 Å². The second-order valence-corrected chi connectivity index (χ2v) is 23.3. The van der Waals surface area contributed by atoms with Crippen LogP contribution in [0.2, 0.25) is 20.1 Å². The SMILES string of the molecule is C=C(/C=C\C=C\S(=O)(=O)NCCOCCOCCOCCNC(=O)C(O)C(O)C(=O)NCCOCCOCCOCCNS(=O)(=O)c1cccc(C2CN(C)Cc3c(Cl)cc(Cl)cc32)c1)[C@@H]1CN(C)Cc2c(Cl)cc(Cl)cc21. The van der Waals surface area contributed by atoms with E-state index < -0.39 is 44.1 Å². The zero-order chi connectivity index (χ0) is 56.7. The zero-order valence-corrected chi connectivity index (χ0v) is 48.3. The van der Waals surface area contributed by atoms with Crippen molar-refractivity contribution < 1.29 is 65.1 Å². The first-order valence-electron chi connectivity index (χ1n) is 25.1. The number of likely N-dealkylation sites (N-methyl/N-ethyl adjacent to an activating group) is 2. The maximum absolute atomic E-state index is 13.1. The second-order valence-electron chi connectivity index (χ2n) is 18.2. The van der Waals surface area contributed by atoms with Crippen LogP contribution in [0.4, 0.5) is 0 Å². The number of benzene rings is 3. The third kappa shape index (κ3) is 21.7. The molecule has 2 aliphatic heterocycles. The van der Waals surface area contributed by atoms with Crippen LogP contribution >= 0.6 is 46.4 Å². The fraction of sp³-hybridized carbons (Fsp3) is 0.500. The number of rotatable bonds is 35. The molecule has 0 radical (unpaired) electrons. The van der Waals surface area contributed by atoms with Gasteiger partial charge in [-0.1, -0.05) is 77.3 Å². The number of aliphatic hydroxyl groups excluding tert-OH is 2. The molecular formula is C52H70Cl4N6O14S2. The van der Waals surface area contributed by atoms with Crippen molar-refractivity contribution in [2.24, 2.45) is 0 Å². The number of allylic oxidation sites excluding steroid dienone is 3. The number of hydrogen-bond donors (Lipinski definition) is 6. The maximum atomic E-state index is 13.1. The number of aliphatic hydroxyl groups is 2. The summed E-state index contributed by atoms with van der Waals surface area (Å²) in [5, 5.41) is 28.4. The molecule has 0 fully saturated rings. The van der Waals surface area contributed by atoms with Crippen LogP contribution < -0.4 is 20.1 Å². The Bertz CT molecular complexity index is 2740. The lowest BCUT2D eigenvalue weighted by Gasteiger charge is -2.33. The van der Waals surface area contributed by atoms with E-state index in [1.54, 1.807) is 42.5 Å². The van der Waals surface area contributed by atoms with Crippen molar-refractivity contribution in [2.75, 3.05) is 133 Å². The topological polar surface area (TPSA) is 253 Å². The van der Waals surface area contributed by atoms with Crippen LogP contribution in [-0.4, -0.2) is 194 Å². The van der Waals surface area contributed by atoms with Crippen molar-refractivity contribution >= 4 is 78.3 Å². The van der Waals surface area contributed by atoms with Gasteiger partial charge < -0.3 is 59.1 Å². The van der Waals surface area contributed by atoms with Crippen molar-refractivity contribution in [2.45, 2.75) is 42.0 Å². The van der Waals surface area contributed by atoms with Gasteiger partial charge in [0.15, 0.2) is 12.2 Å². The number of sulfonamides is 2. The second kappa shape index (κ2) is 33.4.